The summed E-state index contributed by atoms with van der Waals surface area (Å²) in [6, 6.07) is 10.1. The summed E-state index contributed by atoms with van der Waals surface area (Å²) in [4.78, 5) is 31.6. The van der Waals surface area contributed by atoms with E-state index in [1.54, 1.807) is 41.3 Å². The summed E-state index contributed by atoms with van der Waals surface area (Å²) in [6.45, 7) is 2.48. The van der Waals surface area contributed by atoms with Crippen LogP contribution in [0, 0.1) is 0 Å². The van der Waals surface area contributed by atoms with Crippen LogP contribution in [0.25, 0.3) is 0 Å². The van der Waals surface area contributed by atoms with Gasteiger partial charge in [-0.15, -0.1) is 0 Å². The number of aliphatic imine (C=N–C) groups is 1. The van der Waals surface area contributed by atoms with Crippen molar-refractivity contribution in [3.8, 4) is 11.5 Å². The van der Waals surface area contributed by atoms with E-state index < -0.39 is 5.25 Å². The monoisotopic (exact) mass is 465 g/mol. The van der Waals surface area contributed by atoms with Crippen molar-refractivity contribution in [2.75, 3.05) is 18.7 Å². The first-order chi connectivity index (χ1) is 14.4. The molecule has 1 unspecified atom stereocenters. The highest BCUT2D eigenvalue weighted by atomic mass is 35.5. The lowest BCUT2D eigenvalue weighted by Gasteiger charge is -2.30. The Balaban J connectivity index is 1.56. The summed E-state index contributed by atoms with van der Waals surface area (Å²) in [5.74, 6) is 0.760. The van der Waals surface area contributed by atoms with Gasteiger partial charge in [0.2, 0.25) is 18.6 Å². The lowest BCUT2D eigenvalue weighted by molar-refractivity contribution is -0.129. The molecule has 4 rings (SSSR count). The Morgan fingerprint density at radius 2 is 1.93 bits per heavy atom. The number of carbonyl (C=O) groups excluding carboxylic acids is 2. The third-order valence-corrected chi connectivity index (χ3v) is 6.08. The van der Waals surface area contributed by atoms with Gasteiger partial charge in [0.15, 0.2) is 16.7 Å². The molecule has 0 spiro atoms. The van der Waals surface area contributed by atoms with Gasteiger partial charge in [0.05, 0.1) is 5.69 Å². The van der Waals surface area contributed by atoms with Gasteiger partial charge in [-0.1, -0.05) is 35.0 Å². The van der Waals surface area contributed by atoms with Crippen molar-refractivity contribution in [2.24, 2.45) is 4.99 Å². The number of ether oxygens (including phenoxy) is 2. The standard InChI is InChI=1S/C20H17Cl2N3O4S/c1-2-25-18(26)9-17(19(27)23-14-6-11(21)5-12(22)7-14)30-20(25)24-13-3-4-15-16(8-13)29-10-28-15/h3-8,17H,2,9-10H2,1H3,(H,23,27). The molecule has 0 aliphatic carbocycles. The minimum Gasteiger partial charge on any atom is -0.454 e. The second-order valence-electron chi connectivity index (χ2n) is 6.53. The Morgan fingerprint density at radius 3 is 2.67 bits per heavy atom. The maximum absolute atomic E-state index is 12.8. The number of halogens is 2. The van der Waals surface area contributed by atoms with E-state index in [4.69, 9.17) is 32.7 Å². The number of thioether (sulfide) groups is 1. The van der Waals surface area contributed by atoms with E-state index in [1.165, 1.54) is 11.8 Å². The predicted molar refractivity (Wildman–Crippen MR) is 118 cm³/mol. The lowest BCUT2D eigenvalue weighted by Crippen LogP contribution is -2.45. The highest BCUT2D eigenvalue weighted by Crippen LogP contribution is 2.37. The molecule has 2 aromatic carbocycles. The average molecular weight is 466 g/mol. The Hall–Kier alpha value is -2.42. The fraction of sp³-hybridized carbons (Fsp3) is 0.250. The van der Waals surface area contributed by atoms with E-state index in [2.05, 4.69) is 10.3 Å². The molecule has 0 saturated carbocycles. The second kappa shape index (κ2) is 8.75. The first-order valence-electron chi connectivity index (χ1n) is 9.15. The number of amidine groups is 1. The third-order valence-electron chi connectivity index (χ3n) is 4.46. The van der Waals surface area contributed by atoms with Crippen molar-refractivity contribution in [1.82, 2.24) is 4.90 Å². The fourth-order valence-electron chi connectivity index (χ4n) is 3.07. The quantitative estimate of drug-likeness (QED) is 0.707. The molecule has 2 aliphatic rings. The Kier molecular flexibility index (Phi) is 6.08. The highest BCUT2D eigenvalue weighted by molar-refractivity contribution is 8.15. The summed E-state index contributed by atoms with van der Waals surface area (Å²) in [5, 5.41) is 3.42. The van der Waals surface area contributed by atoms with Crippen molar-refractivity contribution in [2.45, 2.75) is 18.6 Å². The smallest absolute Gasteiger partial charge is 0.238 e. The van der Waals surface area contributed by atoms with Gasteiger partial charge in [-0.3, -0.25) is 14.5 Å². The van der Waals surface area contributed by atoms with Crippen molar-refractivity contribution in [1.29, 1.82) is 0 Å². The molecule has 7 nitrogen and oxygen atoms in total. The van der Waals surface area contributed by atoms with Crippen molar-refractivity contribution in [3.05, 3.63) is 46.4 Å². The van der Waals surface area contributed by atoms with Gasteiger partial charge in [-0.2, -0.15) is 0 Å². The van der Waals surface area contributed by atoms with Gasteiger partial charge in [0.1, 0.15) is 5.25 Å². The van der Waals surface area contributed by atoms with Crippen LogP contribution in [0.3, 0.4) is 0 Å². The van der Waals surface area contributed by atoms with E-state index >= 15 is 0 Å². The SMILES string of the molecule is CCN1C(=O)CC(C(=O)Nc2cc(Cl)cc(Cl)c2)SC1=Nc1ccc2c(c1)OCO2. The zero-order valence-corrected chi connectivity index (χ0v) is 18.2. The number of amides is 2. The Labute approximate surface area is 187 Å². The number of anilines is 1. The van der Waals surface area contributed by atoms with Crippen molar-refractivity contribution < 1.29 is 19.1 Å². The largest absolute Gasteiger partial charge is 0.454 e. The van der Waals surface area contributed by atoms with Gasteiger partial charge in [0, 0.05) is 34.8 Å². The van der Waals surface area contributed by atoms with E-state index in [0.717, 1.165) is 0 Å². The topological polar surface area (TPSA) is 80.2 Å². The number of hydrogen-bond donors (Lipinski definition) is 1. The summed E-state index contributed by atoms with van der Waals surface area (Å²) in [7, 11) is 0. The number of carbonyl (C=O) groups is 2. The van der Waals surface area contributed by atoms with Gasteiger partial charge in [-0.25, -0.2) is 4.99 Å². The van der Waals surface area contributed by atoms with E-state index in [9.17, 15) is 9.59 Å². The Bertz CT molecular complexity index is 1030. The van der Waals surface area contributed by atoms with Gasteiger partial charge in [-0.05, 0) is 37.3 Å². The second-order valence-corrected chi connectivity index (χ2v) is 8.57. The molecule has 1 saturated heterocycles. The van der Waals surface area contributed by atoms with Gasteiger partial charge >= 0.3 is 0 Å². The number of hydrogen-bond acceptors (Lipinski definition) is 6. The molecule has 0 radical (unpaired) electrons. The van der Waals surface area contributed by atoms with Crippen LogP contribution in [0.4, 0.5) is 11.4 Å². The van der Waals surface area contributed by atoms with Crippen LogP contribution in [-0.4, -0.2) is 40.5 Å². The van der Waals surface area contributed by atoms with Crippen LogP contribution in [0.1, 0.15) is 13.3 Å². The molecule has 30 heavy (non-hydrogen) atoms. The van der Waals surface area contributed by atoms with Crippen LogP contribution in [0.2, 0.25) is 10.0 Å². The molecular formula is C20H17Cl2N3O4S. The summed E-state index contributed by atoms with van der Waals surface area (Å²) < 4.78 is 10.7. The first kappa shape index (κ1) is 20.8. The minimum absolute atomic E-state index is 0.0683. The van der Waals surface area contributed by atoms with Crippen molar-refractivity contribution in [3.63, 3.8) is 0 Å². The van der Waals surface area contributed by atoms with Crippen LogP contribution in [0.15, 0.2) is 41.4 Å². The third kappa shape index (κ3) is 4.50. The number of benzene rings is 2. The summed E-state index contributed by atoms with van der Waals surface area (Å²) in [6.07, 6.45) is 0.0683. The molecule has 2 aromatic rings. The zero-order chi connectivity index (χ0) is 21.3. The number of fused-ring (bicyclic) bond motifs is 1. The first-order valence-corrected chi connectivity index (χ1v) is 10.8. The van der Waals surface area contributed by atoms with Crippen LogP contribution in [0.5, 0.6) is 11.5 Å². The Morgan fingerprint density at radius 1 is 1.20 bits per heavy atom. The lowest BCUT2D eigenvalue weighted by atomic mass is 10.2. The normalized spacial score (nSPS) is 19.3. The minimum atomic E-state index is -0.634. The maximum Gasteiger partial charge on any atom is 0.238 e. The molecule has 2 amide bonds. The molecule has 1 fully saturated rings. The number of nitrogens with one attached hydrogen (secondary N) is 1. The van der Waals surface area contributed by atoms with Crippen molar-refractivity contribution >= 4 is 63.3 Å². The molecule has 1 atom stereocenters. The predicted octanol–water partition coefficient (Wildman–Crippen LogP) is 4.70. The molecule has 0 bridgehead atoms. The molecule has 0 aromatic heterocycles. The highest BCUT2D eigenvalue weighted by Gasteiger charge is 2.35. The summed E-state index contributed by atoms with van der Waals surface area (Å²) in [5.41, 5.74) is 1.08. The fourth-order valence-corrected chi connectivity index (χ4v) is 4.76. The average Bonchev–Trinajstić information content (AvgIpc) is 3.14. The summed E-state index contributed by atoms with van der Waals surface area (Å²) >= 11 is 13.2. The van der Waals surface area contributed by atoms with Crippen LogP contribution < -0.4 is 14.8 Å². The zero-order valence-electron chi connectivity index (χ0n) is 15.9. The van der Waals surface area contributed by atoms with E-state index in [1.807, 2.05) is 6.92 Å². The van der Waals surface area contributed by atoms with Gasteiger partial charge < -0.3 is 14.8 Å². The van der Waals surface area contributed by atoms with Crippen LogP contribution >= 0.6 is 35.0 Å². The molecule has 156 valence electrons. The van der Waals surface area contributed by atoms with E-state index in [-0.39, 0.29) is 25.0 Å². The molecule has 1 N–H and O–H groups in total. The van der Waals surface area contributed by atoms with Gasteiger partial charge in [0.25, 0.3) is 0 Å². The molecular weight excluding hydrogens is 449 g/mol. The molecule has 2 aliphatic heterocycles. The number of rotatable bonds is 4. The maximum atomic E-state index is 12.8. The van der Waals surface area contributed by atoms with E-state index in [0.29, 0.717) is 44.6 Å². The number of nitrogens with zero attached hydrogens (tertiary/aromatic N) is 2. The molecule has 10 heteroatoms. The molecule has 2 heterocycles. The van der Waals surface area contributed by atoms with Crippen LogP contribution in [-0.2, 0) is 9.59 Å².